The van der Waals surface area contributed by atoms with Crippen LogP contribution >= 0.6 is 0 Å². The number of hydrogen-bond acceptors (Lipinski definition) is 5. The smallest absolute Gasteiger partial charge is 0.539 e. The van der Waals surface area contributed by atoms with Gasteiger partial charge in [-0.2, -0.15) is 0 Å². The van der Waals surface area contributed by atoms with Gasteiger partial charge in [0.05, 0.1) is 0 Å². The molecule has 0 radical (unpaired) electrons. The molecule has 3 aliphatic rings. The zero-order valence-electron chi connectivity index (χ0n) is 10.6. The second-order valence-corrected chi connectivity index (χ2v) is 5.02. The Morgan fingerprint density at radius 1 is 1.28 bits per heavy atom. The SMILES string of the molecule is CC12CO[B-](c3ccc(C=O)cn3)(OC1)OC2.[Li+]. The van der Waals surface area contributed by atoms with E-state index in [-0.39, 0.29) is 24.3 Å². The summed E-state index contributed by atoms with van der Waals surface area (Å²) in [5.41, 5.74) is 1.08. The van der Waals surface area contributed by atoms with Crippen LogP contribution in [-0.4, -0.2) is 37.8 Å². The molecule has 3 aliphatic heterocycles. The standard InChI is InChI=1S/C11H13BNO4.Li/c1-11-6-15-12(16-7-11,17-8-11)10-3-2-9(5-14)4-13-10;/h2-5H,6-8H2,1H3;/q-1;+1. The van der Waals surface area contributed by atoms with E-state index in [9.17, 15) is 4.79 Å². The molecule has 0 saturated carbocycles. The van der Waals surface area contributed by atoms with Gasteiger partial charge in [-0.3, -0.25) is 9.78 Å². The predicted octanol–water partition coefficient (Wildman–Crippen LogP) is -2.87. The zero-order valence-corrected chi connectivity index (χ0v) is 10.6. The van der Waals surface area contributed by atoms with Gasteiger partial charge in [-0.15, -0.1) is 0 Å². The maximum Gasteiger partial charge on any atom is 1.00 e. The Morgan fingerprint density at radius 3 is 2.33 bits per heavy atom. The summed E-state index contributed by atoms with van der Waals surface area (Å²) in [6.45, 7) is 2.01. The summed E-state index contributed by atoms with van der Waals surface area (Å²) in [6.07, 6.45) is 2.25. The Balaban J connectivity index is 0.00000120. The van der Waals surface area contributed by atoms with E-state index in [0.29, 0.717) is 31.0 Å². The van der Waals surface area contributed by atoms with Gasteiger partial charge >= 0.3 is 25.6 Å². The molecule has 7 heteroatoms. The molecule has 3 saturated heterocycles. The van der Waals surface area contributed by atoms with Crippen LogP contribution in [-0.2, 0) is 14.0 Å². The molecule has 4 heterocycles. The van der Waals surface area contributed by atoms with Crippen molar-refractivity contribution in [1.82, 2.24) is 4.98 Å². The Morgan fingerprint density at radius 2 is 1.89 bits per heavy atom. The van der Waals surface area contributed by atoms with Crippen LogP contribution in [0.4, 0.5) is 0 Å². The molecule has 2 bridgehead atoms. The number of aldehydes is 1. The van der Waals surface area contributed by atoms with Crippen molar-refractivity contribution in [3.63, 3.8) is 0 Å². The van der Waals surface area contributed by atoms with Crippen molar-refractivity contribution in [3.05, 3.63) is 23.9 Å². The molecular weight excluding hydrogens is 228 g/mol. The van der Waals surface area contributed by atoms with Crippen molar-refractivity contribution in [2.75, 3.05) is 19.8 Å². The summed E-state index contributed by atoms with van der Waals surface area (Å²) in [6, 6.07) is 3.40. The van der Waals surface area contributed by atoms with Crippen LogP contribution in [0.2, 0.25) is 0 Å². The molecular formula is C11H13BLiNO4. The topological polar surface area (TPSA) is 57.7 Å². The summed E-state index contributed by atoms with van der Waals surface area (Å²) < 4.78 is 17.1. The molecule has 0 unspecified atom stereocenters. The number of carbonyl (C=O) groups excluding carboxylic acids is 1. The molecule has 1 aromatic heterocycles. The third kappa shape index (κ3) is 2.15. The van der Waals surface area contributed by atoms with Crippen molar-refractivity contribution in [2.45, 2.75) is 6.92 Å². The fraction of sp³-hybridized carbons (Fsp3) is 0.455. The number of fused-ring (bicyclic) bond motifs is 3. The van der Waals surface area contributed by atoms with Gasteiger partial charge in [0.1, 0.15) is 0 Å². The van der Waals surface area contributed by atoms with Gasteiger partial charge in [0, 0.05) is 37.0 Å². The quantitative estimate of drug-likeness (QED) is 0.411. The molecule has 0 N–H and O–H groups in total. The van der Waals surface area contributed by atoms with Crippen molar-refractivity contribution < 1.29 is 37.6 Å². The number of aromatic nitrogens is 1. The second kappa shape index (κ2) is 4.80. The first-order valence-corrected chi connectivity index (χ1v) is 5.63. The largest absolute Gasteiger partial charge is 1.00 e. The molecule has 3 fully saturated rings. The van der Waals surface area contributed by atoms with Gasteiger partial charge in [-0.25, -0.2) is 0 Å². The van der Waals surface area contributed by atoms with E-state index in [0.717, 1.165) is 6.29 Å². The molecule has 0 aromatic carbocycles. The fourth-order valence-corrected chi connectivity index (χ4v) is 2.15. The average molecular weight is 241 g/mol. The van der Waals surface area contributed by atoms with E-state index in [4.69, 9.17) is 14.0 Å². The van der Waals surface area contributed by atoms with Gasteiger partial charge in [0.25, 0.3) is 0 Å². The van der Waals surface area contributed by atoms with Crippen molar-refractivity contribution >= 4 is 18.6 Å². The van der Waals surface area contributed by atoms with Crippen molar-refractivity contribution in [3.8, 4) is 0 Å². The molecule has 0 aliphatic carbocycles. The number of pyridine rings is 1. The van der Waals surface area contributed by atoms with Gasteiger partial charge in [-0.1, -0.05) is 19.1 Å². The fourth-order valence-electron chi connectivity index (χ4n) is 2.15. The van der Waals surface area contributed by atoms with E-state index in [1.54, 1.807) is 12.1 Å². The molecule has 90 valence electrons. The Hall–Kier alpha value is -0.638. The van der Waals surface area contributed by atoms with Crippen LogP contribution in [0.3, 0.4) is 0 Å². The molecule has 4 rings (SSSR count). The molecule has 18 heavy (non-hydrogen) atoms. The summed E-state index contributed by atoms with van der Waals surface area (Å²) in [5.74, 6) is 0. The predicted molar refractivity (Wildman–Crippen MR) is 61.0 cm³/mol. The van der Waals surface area contributed by atoms with E-state index in [1.807, 2.05) is 0 Å². The first-order chi connectivity index (χ1) is 8.16. The summed E-state index contributed by atoms with van der Waals surface area (Å²) in [4.78, 5) is 14.7. The summed E-state index contributed by atoms with van der Waals surface area (Å²) >= 11 is 0. The van der Waals surface area contributed by atoms with Crippen LogP contribution < -0.4 is 24.5 Å². The Labute approximate surface area is 117 Å². The second-order valence-electron chi connectivity index (χ2n) is 5.02. The molecule has 0 amide bonds. The summed E-state index contributed by atoms with van der Waals surface area (Å²) in [5, 5.41) is 0. The maximum absolute atomic E-state index is 10.6. The summed E-state index contributed by atoms with van der Waals surface area (Å²) in [7, 11) is 0. The van der Waals surface area contributed by atoms with Crippen LogP contribution in [0.1, 0.15) is 17.3 Å². The van der Waals surface area contributed by atoms with Crippen LogP contribution in [0.15, 0.2) is 18.3 Å². The van der Waals surface area contributed by atoms with E-state index < -0.39 is 6.75 Å². The van der Waals surface area contributed by atoms with E-state index in [1.165, 1.54) is 6.20 Å². The molecule has 0 atom stereocenters. The minimum atomic E-state index is -1.90. The Kier molecular flexibility index (Phi) is 3.68. The number of carbonyl (C=O) groups is 1. The third-order valence-corrected chi connectivity index (χ3v) is 3.26. The first kappa shape index (κ1) is 13.8. The minimum Gasteiger partial charge on any atom is -0.539 e. The zero-order chi connectivity index (χ0) is 11.9. The third-order valence-electron chi connectivity index (χ3n) is 3.26. The van der Waals surface area contributed by atoms with Gasteiger partial charge < -0.3 is 14.0 Å². The normalized spacial score (nSPS) is 33.8. The maximum atomic E-state index is 10.6. The van der Waals surface area contributed by atoms with Crippen LogP contribution in [0.25, 0.3) is 0 Å². The van der Waals surface area contributed by atoms with Crippen molar-refractivity contribution in [1.29, 1.82) is 0 Å². The van der Waals surface area contributed by atoms with Gasteiger partial charge in [-0.05, 0) is 5.59 Å². The Bertz CT molecular complexity index is 428. The van der Waals surface area contributed by atoms with Gasteiger partial charge in [0.2, 0.25) is 0 Å². The minimum absolute atomic E-state index is 0. The van der Waals surface area contributed by atoms with Crippen molar-refractivity contribution in [2.24, 2.45) is 5.41 Å². The number of rotatable bonds is 2. The first-order valence-electron chi connectivity index (χ1n) is 5.63. The average Bonchev–Trinajstić information content (AvgIpc) is 2.40. The van der Waals surface area contributed by atoms with E-state index >= 15 is 0 Å². The molecule has 1 aromatic rings. The van der Waals surface area contributed by atoms with Gasteiger partial charge in [0.15, 0.2) is 6.29 Å². The monoisotopic (exact) mass is 241 g/mol. The van der Waals surface area contributed by atoms with Crippen LogP contribution in [0, 0.1) is 5.41 Å². The number of nitrogens with zero attached hydrogens (tertiary/aromatic N) is 1. The molecule has 0 spiro atoms. The molecule has 5 nitrogen and oxygen atoms in total. The van der Waals surface area contributed by atoms with Crippen LogP contribution in [0.5, 0.6) is 0 Å². The van der Waals surface area contributed by atoms with E-state index in [2.05, 4.69) is 11.9 Å². The number of hydrogen-bond donors (Lipinski definition) is 0.